The van der Waals surface area contributed by atoms with Crippen LogP contribution in [0.15, 0.2) is 12.4 Å². The molecule has 0 unspecified atom stereocenters. The van der Waals surface area contributed by atoms with Crippen LogP contribution in [0.5, 0.6) is 5.88 Å². The van der Waals surface area contributed by atoms with Gasteiger partial charge in [0.2, 0.25) is 5.88 Å². The van der Waals surface area contributed by atoms with Gasteiger partial charge in [-0.25, -0.2) is 9.97 Å². The molecule has 6 heteroatoms. The molecule has 126 valence electrons. The molecule has 4 heterocycles. The lowest BCUT2D eigenvalue weighted by molar-refractivity contribution is 0.126. The summed E-state index contributed by atoms with van der Waals surface area (Å²) in [7, 11) is 0. The maximum Gasteiger partial charge on any atom is 0.218 e. The van der Waals surface area contributed by atoms with Gasteiger partial charge in [-0.15, -0.1) is 0 Å². The molecule has 1 aromatic heterocycles. The molecule has 0 saturated carbocycles. The zero-order chi connectivity index (χ0) is 15.7. The number of fused-ring (bicyclic) bond motifs is 1. The molecule has 0 radical (unpaired) electrons. The van der Waals surface area contributed by atoms with Gasteiger partial charge in [0, 0.05) is 37.0 Å². The molecule has 0 amide bonds. The summed E-state index contributed by atoms with van der Waals surface area (Å²) >= 11 is 0. The average molecular weight is 318 g/mol. The minimum absolute atomic E-state index is 0.265. The monoisotopic (exact) mass is 318 g/mol. The maximum absolute atomic E-state index is 5.86. The van der Waals surface area contributed by atoms with E-state index in [4.69, 9.17) is 9.47 Å². The molecular formula is C17H26N4O2. The van der Waals surface area contributed by atoms with Crippen molar-refractivity contribution in [3.05, 3.63) is 12.4 Å². The number of ether oxygens (including phenoxy) is 2. The summed E-state index contributed by atoms with van der Waals surface area (Å²) in [6.07, 6.45) is 4.29. The highest BCUT2D eigenvalue weighted by atomic mass is 16.5. The molecule has 6 nitrogen and oxygen atoms in total. The Kier molecular flexibility index (Phi) is 4.11. The summed E-state index contributed by atoms with van der Waals surface area (Å²) in [6, 6.07) is 1.97. The Hall–Kier alpha value is -1.40. The first-order chi connectivity index (χ1) is 11.3. The number of aromatic nitrogens is 2. The van der Waals surface area contributed by atoms with Gasteiger partial charge in [0.25, 0.3) is 0 Å². The van der Waals surface area contributed by atoms with Crippen LogP contribution in [-0.4, -0.2) is 67.4 Å². The summed E-state index contributed by atoms with van der Waals surface area (Å²) in [4.78, 5) is 13.7. The lowest BCUT2D eigenvalue weighted by Gasteiger charge is -2.32. The van der Waals surface area contributed by atoms with Crippen molar-refractivity contribution >= 4 is 5.82 Å². The van der Waals surface area contributed by atoms with E-state index in [1.54, 1.807) is 6.33 Å². The van der Waals surface area contributed by atoms with Gasteiger partial charge in [-0.1, -0.05) is 0 Å². The van der Waals surface area contributed by atoms with Crippen LogP contribution in [-0.2, 0) is 4.74 Å². The van der Waals surface area contributed by atoms with Gasteiger partial charge in [0.05, 0.1) is 19.8 Å². The number of rotatable bonds is 5. The smallest absolute Gasteiger partial charge is 0.218 e. The summed E-state index contributed by atoms with van der Waals surface area (Å²) in [5, 5.41) is 0. The van der Waals surface area contributed by atoms with E-state index in [-0.39, 0.29) is 5.41 Å². The Morgan fingerprint density at radius 2 is 2.22 bits per heavy atom. The highest BCUT2D eigenvalue weighted by Gasteiger charge is 2.51. The third-order valence-electron chi connectivity index (χ3n) is 5.50. The van der Waals surface area contributed by atoms with E-state index in [1.807, 2.05) is 13.0 Å². The first-order valence-corrected chi connectivity index (χ1v) is 8.79. The molecule has 2 atom stereocenters. The lowest BCUT2D eigenvalue weighted by Crippen LogP contribution is -2.42. The second-order valence-corrected chi connectivity index (χ2v) is 7.09. The fraction of sp³-hybridized carbons (Fsp3) is 0.765. The van der Waals surface area contributed by atoms with Crippen molar-refractivity contribution in [3.63, 3.8) is 0 Å². The predicted molar refractivity (Wildman–Crippen MR) is 87.8 cm³/mol. The molecule has 1 aromatic rings. The van der Waals surface area contributed by atoms with Gasteiger partial charge in [0.1, 0.15) is 12.1 Å². The van der Waals surface area contributed by atoms with Crippen molar-refractivity contribution in [1.82, 2.24) is 14.9 Å². The van der Waals surface area contributed by atoms with Crippen LogP contribution in [0.3, 0.4) is 0 Å². The molecular weight excluding hydrogens is 292 g/mol. The van der Waals surface area contributed by atoms with Crippen LogP contribution < -0.4 is 9.64 Å². The predicted octanol–water partition coefficient (Wildman–Crippen LogP) is 1.42. The van der Waals surface area contributed by atoms with Crippen LogP contribution in [0.1, 0.15) is 19.8 Å². The molecule has 0 aliphatic carbocycles. The average Bonchev–Trinajstić information content (AvgIpc) is 3.24. The van der Waals surface area contributed by atoms with E-state index < -0.39 is 0 Å². The molecule has 23 heavy (non-hydrogen) atoms. The lowest BCUT2D eigenvalue weighted by atomic mass is 9.80. The maximum atomic E-state index is 5.86. The molecule has 3 aliphatic rings. The summed E-state index contributed by atoms with van der Waals surface area (Å²) in [5.41, 5.74) is 0.265. The zero-order valence-corrected chi connectivity index (χ0v) is 13.9. The molecule has 0 spiro atoms. The van der Waals surface area contributed by atoms with Crippen molar-refractivity contribution in [2.75, 3.05) is 57.4 Å². The second kappa shape index (κ2) is 6.24. The molecule has 4 rings (SSSR count). The van der Waals surface area contributed by atoms with Crippen molar-refractivity contribution in [1.29, 1.82) is 0 Å². The third-order valence-corrected chi connectivity index (χ3v) is 5.50. The SMILES string of the molecule is CCOc1cc(N2C[C@@H]3COC[C@]3(CN3CCCC3)C2)ncn1. The first-order valence-electron chi connectivity index (χ1n) is 8.79. The minimum atomic E-state index is 0.265. The van der Waals surface area contributed by atoms with E-state index in [0.29, 0.717) is 18.4 Å². The van der Waals surface area contributed by atoms with E-state index in [2.05, 4.69) is 19.8 Å². The first kappa shape index (κ1) is 15.1. The van der Waals surface area contributed by atoms with Crippen LogP contribution >= 0.6 is 0 Å². The summed E-state index contributed by atoms with van der Waals surface area (Å²) in [6.45, 7) is 10.1. The van der Waals surface area contributed by atoms with Gasteiger partial charge in [-0.05, 0) is 32.9 Å². The molecule has 3 fully saturated rings. The van der Waals surface area contributed by atoms with E-state index in [1.165, 1.54) is 25.9 Å². The van der Waals surface area contributed by atoms with Gasteiger partial charge in [0.15, 0.2) is 0 Å². The van der Waals surface area contributed by atoms with Crippen LogP contribution in [0.2, 0.25) is 0 Å². The largest absolute Gasteiger partial charge is 0.478 e. The number of hydrogen-bond donors (Lipinski definition) is 0. The molecule has 3 aliphatic heterocycles. The van der Waals surface area contributed by atoms with Crippen molar-refractivity contribution in [3.8, 4) is 5.88 Å². The Balaban J connectivity index is 1.51. The van der Waals surface area contributed by atoms with Gasteiger partial charge in [-0.3, -0.25) is 0 Å². The fourth-order valence-electron chi connectivity index (χ4n) is 4.35. The van der Waals surface area contributed by atoms with E-state index >= 15 is 0 Å². The second-order valence-electron chi connectivity index (χ2n) is 7.09. The summed E-state index contributed by atoms with van der Waals surface area (Å²) in [5.74, 6) is 2.26. The molecule has 3 saturated heterocycles. The van der Waals surface area contributed by atoms with Crippen molar-refractivity contribution in [2.45, 2.75) is 19.8 Å². The minimum Gasteiger partial charge on any atom is -0.478 e. The van der Waals surface area contributed by atoms with E-state index in [0.717, 1.165) is 38.7 Å². The van der Waals surface area contributed by atoms with Crippen LogP contribution in [0.25, 0.3) is 0 Å². The number of anilines is 1. The number of hydrogen-bond acceptors (Lipinski definition) is 6. The topological polar surface area (TPSA) is 50.7 Å². The Labute approximate surface area is 137 Å². The molecule has 0 aromatic carbocycles. The van der Waals surface area contributed by atoms with Crippen molar-refractivity contribution in [2.24, 2.45) is 11.3 Å². The van der Waals surface area contributed by atoms with Crippen LogP contribution in [0.4, 0.5) is 5.82 Å². The number of nitrogens with zero attached hydrogens (tertiary/aromatic N) is 4. The Bertz CT molecular complexity index is 549. The van der Waals surface area contributed by atoms with Gasteiger partial charge in [-0.2, -0.15) is 0 Å². The molecule has 0 bridgehead atoms. The van der Waals surface area contributed by atoms with Crippen molar-refractivity contribution < 1.29 is 9.47 Å². The highest BCUT2D eigenvalue weighted by molar-refractivity contribution is 5.43. The quantitative estimate of drug-likeness (QED) is 0.818. The molecule has 0 N–H and O–H groups in total. The zero-order valence-electron chi connectivity index (χ0n) is 13.9. The third kappa shape index (κ3) is 2.90. The van der Waals surface area contributed by atoms with E-state index in [9.17, 15) is 0 Å². The standard InChI is InChI=1S/C17H26N4O2/c1-2-23-16-7-15(18-13-19-16)21-8-14-9-22-12-17(14,11-21)10-20-5-3-4-6-20/h7,13-14H,2-6,8-12H2,1H3/t14-,17+/m1/s1. The van der Waals surface area contributed by atoms with Gasteiger partial charge < -0.3 is 19.3 Å². The van der Waals surface area contributed by atoms with Crippen LogP contribution in [0, 0.1) is 11.3 Å². The Morgan fingerprint density at radius 1 is 1.35 bits per heavy atom. The highest BCUT2D eigenvalue weighted by Crippen LogP contribution is 2.43. The summed E-state index contributed by atoms with van der Waals surface area (Å²) < 4.78 is 11.4. The fourth-order valence-corrected chi connectivity index (χ4v) is 4.35. The number of likely N-dealkylation sites (tertiary alicyclic amines) is 1. The van der Waals surface area contributed by atoms with Gasteiger partial charge >= 0.3 is 0 Å². The normalized spacial score (nSPS) is 30.8. The Morgan fingerprint density at radius 3 is 3.04 bits per heavy atom.